The highest BCUT2D eigenvalue weighted by Gasteiger charge is 2.38. The average Bonchev–Trinajstić information content (AvgIpc) is 2.57. The van der Waals surface area contributed by atoms with Gasteiger partial charge in [-0.3, -0.25) is 4.90 Å². The molecule has 7 heteroatoms. The topological polar surface area (TPSA) is 29.5 Å². The molecule has 0 aromatic heterocycles. The molecule has 1 atom stereocenters. The Bertz CT molecular complexity index is 896. The molecule has 3 nitrogen and oxygen atoms in total. The monoisotopic (exact) mass is 441 g/mol. The number of hydrogen-bond donors (Lipinski definition) is 0. The first-order valence-electron chi connectivity index (χ1n) is 8.52. The van der Waals surface area contributed by atoms with Gasteiger partial charge in [0.05, 0.1) is 11.7 Å². The van der Waals surface area contributed by atoms with Crippen LogP contribution in [-0.2, 0) is 11.2 Å². The number of anilines is 1. The van der Waals surface area contributed by atoms with Crippen molar-refractivity contribution < 1.29 is 22.7 Å². The van der Waals surface area contributed by atoms with Crippen molar-refractivity contribution >= 4 is 27.7 Å². The van der Waals surface area contributed by atoms with E-state index < -0.39 is 35.2 Å². The second-order valence-corrected chi connectivity index (χ2v) is 8.30. The lowest BCUT2D eigenvalue weighted by molar-refractivity contribution is 0.0559. The van der Waals surface area contributed by atoms with Crippen molar-refractivity contribution in [2.45, 2.75) is 45.3 Å². The second kappa shape index (κ2) is 7.19. The Morgan fingerprint density at radius 1 is 1.22 bits per heavy atom. The van der Waals surface area contributed by atoms with Crippen LogP contribution in [0.2, 0.25) is 0 Å². The molecule has 27 heavy (non-hydrogen) atoms. The van der Waals surface area contributed by atoms with Crippen LogP contribution in [0.1, 0.15) is 44.4 Å². The molecule has 1 aliphatic heterocycles. The predicted molar refractivity (Wildman–Crippen MR) is 100 cm³/mol. The van der Waals surface area contributed by atoms with Crippen LogP contribution >= 0.6 is 15.9 Å². The lowest BCUT2D eigenvalue weighted by atomic mass is 9.91. The number of hydrogen-bond acceptors (Lipinski definition) is 2. The molecule has 0 bridgehead atoms. The van der Waals surface area contributed by atoms with Crippen molar-refractivity contribution in [1.29, 1.82) is 0 Å². The summed E-state index contributed by atoms with van der Waals surface area (Å²) in [5.41, 5.74) is 0.0823. The van der Waals surface area contributed by atoms with Gasteiger partial charge in [0.2, 0.25) is 0 Å². The summed E-state index contributed by atoms with van der Waals surface area (Å²) in [6.07, 6.45) is -0.190. The summed E-state index contributed by atoms with van der Waals surface area (Å²) in [6.45, 7) is 5.15. The molecule has 1 heterocycles. The van der Waals surface area contributed by atoms with E-state index in [1.807, 2.05) is 0 Å². The smallest absolute Gasteiger partial charge is 0.415 e. The molecule has 0 N–H and O–H groups in total. The Kier molecular flexibility index (Phi) is 5.25. The number of halogens is 4. The Morgan fingerprint density at radius 3 is 2.56 bits per heavy atom. The first-order chi connectivity index (χ1) is 12.6. The first-order valence-corrected chi connectivity index (χ1v) is 9.32. The van der Waals surface area contributed by atoms with Crippen LogP contribution in [0.25, 0.3) is 0 Å². The molecule has 0 aliphatic carbocycles. The number of carbonyl (C=O) groups is 1. The fraction of sp³-hybridized carbons (Fsp3) is 0.350. The number of fused-ring (bicyclic) bond motifs is 1. The molecule has 1 aliphatic rings. The van der Waals surface area contributed by atoms with Crippen LogP contribution in [0.3, 0.4) is 0 Å². The number of ether oxygens (including phenoxy) is 1. The Morgan fingerprint density at radius 2 is 1.93 bits per heavy atom. The van der Waals surface area contributed by atoms with Crippen molar-refractivity contribution in [2.24, 2.45) is 0 Å². The van der Waals surface area contributed by atoms with Crippen molar-refractivity contribution in [3.63, 3.8) is 0 Å². The molecule has 0 saturated carbocycles. The Balaban J connectivity index is 2.16. The minimum atomic E-state index is -0.992. The quantitative estimate of drug-likeness (QED) is 0.486. The van der Waals surface area contributed by atoms with Crippen molar-refractivity contribution in [3.8, 4) is 0 Å². The maximum absolute atomic E-state index is 14.4. The summed E-state index contributed by atoms with van der Waals surface area (Å²) < 4.78 is 47.7. The third-order valence-electron chi connectivity index (χ3n) is 4.28. The van der Waals surface area contributed by atoms with E-state index in [4.69, 9.17) is 4.74 Å². The zero-order valence-corrected chi connectivity index (χ0v) is 16.7. The van der Waals surface area contributed by atoms with Gasteiger partial charge in [-0.05, 0) is 73.3 Å². The zero-order chi connectivity index (χ0) is 19.9. The molecule has 0 fully saturated rings. The minimum absolute atomic E-state index is 0.0976. The van der Waals surface area contributed by atoms with Gasteiger partial charge in [0.25, 0.3) is 0 Å². The molecular formula is C20H19BrF3NO2. The SMILES string of the molecule is CC(C)(C)OC(=O)N1c2c(Br)cc(F)c(F)c2CCC1c1cccc(F)c1. The first kappa shape index (κ1) is 19.7. The van der Waals surface area contributed by atoms with E-state index in [1.54, 1.807) is 32.9 Å². The van der Waals surface area contributed by atoms with Crippen molar-refractivity contribution in [1.82, 2.24) is 0 Å². The Labute approximate surface area is 164 Å². The molecule has 2 aromatic rings. The standard InChI is InChI=1S/C20H19BrF3NO2/c1-20(2,3)27-19(26)25-16(11-5-4-6-12(22)9-11)8-7-13-17(24)15(23)10-14(21)18(13)25/h4-6,9-10,16H,7-8H2,1-3H3. The predicted octanol–water partition coefficient (Wildman–Crippen LogP) is 6.30. The summed E-state index contributed by atoms with van der Waals surface area (Å²) in [5.74, 6) is -2.42. The van der Waals surface area contributed by atoms with E-state index in [-0.39, 0.29) is 22.1 Å². The number of benzene rings is 2. The van der Waals surface area contributed by atoms with Crippen LogP contribution in [0.4, 0.5) is 23.7 Å². The number of carbonyl (C=O) groups excluding carboxylic acids is 1. The van der Waals surface area contributed by atoms with Gasteiger partial charge in [-0.15, -0.1) is 0 Å². The Hall–Kier alpha value is -2.02. The summed E-state index contributed by atoms with van der Waals surface area (Å²) in [6, 6.07) is 6.31. The molecule has 144 valence electrons. The van der Waals surface area contributed by atoms with Crippen molar-refractivity contribution in [3.05, 3.63) is 63.4 Å². The molecule has 0 radical (unpaired) electrons. The zero-order valence-electron chi connectivity index (χ0n) is 15.2. The average molecular weight is 442 g/mol. The normalized spacial score (nSPS) is 16.9. The third-order valence-corrected chi connectivity index (χ3v) is 4.89. The molecule has 2 aromatic carbocycles. The van der Waals surface area contributed by atoms with E-state index in [1.165, 1.54) is 17.0 Å². The minimum Gasteiger partial charge on any atom is -0.443 e. The van der Waals surface area contributed by atoms with E-state index in [2.05, 4.69) is 15.9 Å². The highest BCUT2D eigenvalue weighted by atomic mass is 79.9. The second-order valence-electron chi connectivity index (χ2n) is 7.44. The van der Waals surface area contributed by atoms with E-state index >= 15 is 0 Å². The van der Waals surface area contributed by atoms with Gasteiger partial charge in [-0.2, -0.15) is 0 Å². The molecule has 0 spiro atoms. The fourth-order valence-corrected chi connectivity index (χ4v) is 3.88. The molecule has 1 unspecified atom stereocenters. The van der Waals surface area contributed by atoms with Crippen LogP contribution in [0.15, 0.2) is 34.8 Å². The van der Waals surface area contributed by atoms with Gasteiger partial charge < -0.3 is 4.74 Å². The fourth-order valence-electron chi connectivity index (χ4n) is 3.25. The molecular weight excluding hydrogens is 423 g/mol. The van der Waals surface area contributed by atoms with E-state index in [0.717, 1.165) is 6.07 Å². The van der Waals surface area contributed by atoms with Gasteiger partial charge in [0, 0.05) is 10.0 Å². The summed E-state index contributed by atoms with van der Waals surface area (Å²) >= 11 is 3.24. The van der Waals surface area contributed by atoms with Crippen molar-refractivity contribution in [2.75, 3.05) is 4.90 Å². The van der Waals surface area contributed by atoms with Crippen LogP contribution in [0, 0.1) is 17.5 Å². The summed E-state index contributed by atoms with van der Waals surface area (Å²) in [7, 11) is 0. The molecule has 3 rings (SSSR count). The van der Waals surface area contributed by atoms with E-state index in [9.17, 15) is 18.0 Å². The number of rotatable bonds is 1. The molecule has 1 amide bonds. The van der Waals surface area contributed by atoms with Gasteiger partial charge in [-0.25, -0.2) is 18.0 Å². The van der Waals surface area contributed by atoms with Gasteiger partial charge in [0.15, 0.2) is 11.6 Å². The van der Waals surface area contributed by atoms with Gasteiger partial charge in [0.1, 0.15) is 11.4 Å². The van der Waals surface area contributed by atoms with Crippen LogP contribution in [0.5, 0.6) is 0 Å². The molecule has 0 saturated heterocycles. The highest BCUT2D eigenvalue weighted by Crippen LogP contribution is 2.45. The van der Waals surface area contributed by atoms with Gasteiger partial charge >= 0.3 is 6.09 Å². The lowest BCUT2D eigenvalue weighted by Gasteiger charge is -2.39. The maximum atomic E-state index is 14.4. The van der Waals surface area contributed by atoms with Gasteiger partial charge in [-0.1, -0.05) is 12.1 Å². The van der Waals surface area contributed by atoms with E-state index in [0.29, 0.717) is 12.0 Å². The number of nitrogens with zero attached hydrogens (tertiary/aromatic N) is 1. The highest BCUT2D eigenvalue weighted by molar-refractivity contribution is 9.10. The summed E-state index contributed by atoms with van der Waals surface area (Å²) in [5, 5.41) is 0. The van der Waals surface area contributed by atoms with Crippen LogP contribution in [-0.4, -0.2) is 11.7 Å². The number of amides is 1. The largest absolute Gasteiger partial charge is 0.443 e. The lowest BCUT2D eigenvalue weighted by Crippen LogP contribution is -2.42. The third kappa shape index (κ3) is 3.98. The summed E-state index contributed by atoms with van der Waals surface area (Å²) in [4.78, 5) is 14.2. The van der Waals surface area contributed by atoms with Crippen LogP contribution < -0.4 is 4.90 Å². The maximum Gasteiger partial charge on any atom is 0.415 e.